The van der Waals surface area contributed by atoms with Crippen LogP contribution >= 0.6 is 11.6 Å². The van der Waals surface area contributed by atoms with E-state index in [9.17, 15) is 18.0 Å². The zero-order valence-electron chi connectivity index (χ0n) is 12.3. The number of benzene rings is 2. The summed E-state index contributed by atoms with van der Waals surface area (Å²) < 4.78 is 44.4. The average Bonchev–Trinajstić information content (AvgIpc) is 2.50. The Morgan fingerprint density at radius 3 is 2.35 bits per heavy atom. The molecule has 0 unspecified atom stereocenters. The van der Waals surface area contributed by atoms with Crippen LogP contribution in [0.15, 0.2) is 36.4 Å². The molecule has 6 heteroatoms. The second-order valence-electron chi connectivity index (χ2n) is 4.97. The molecule has 0 aliphatic rings. The Bertz CT molecular complexity index is 694. The minimum Gasteiger partial charge on any atom is -0.457 e. The third-order valence-corrected chi connectivity index (χ3v) is 3.56. The van der Waals surface area contributed by atoms with Crippen molar-refractivity contribution in [3.05, 3.63) is 58.1 Å². The second-order valence-corrected chi connectivity index (χ2v) is 5.38. The predicted octanol–water partition coefficient (Wildman–Crippen LogP) is 5.92. The van der Waals surface area contributed by atoms with Crippen LogP contribution in [0.25, 0.3) is 0 Å². The quantitative estimate of drug-likeness (QED) is 0.631. The molecule has 2 aromatic carbocycles. The maximum Gasteiger partial charge on any atom is 0.416 e. The van der Waals surface area contributed by atoms with E-state index >= 15 is 0 Å². The van der Waals surface area contributed by atoms with Crippen molar-refractivity contribution in [2.45, 2.75) is 25.9 Å². The Hall–Kier alpha value is -2.01. The van der Waals surface area contributed by atoms with Crippen LogP contribution in [-0.4, -0.2) is 6.29 Å². The zero-order valence-corrected chi connectivity index (χ0v) is 13.0. The normalized spacial score (nSPS) is 11.3. The summed E-state index contributed by atoms with van der Waals surface area (Å²) in [7, 11) is 0. The van der Waals surface area contributed by atoms with Gasteiger partial charge in [-0.1, -0.05) is 24.9 Å². The van der Waals surface area contributed by atoms with Gasteiger partial charge >= 0.3 is 6.18 Å². The fourth-order valence-electron chi connectivity index (χ4n) is 2.10. The third kappa shape index (κ3) is 4.26. The van der Waals surface area contributed by atoms with Crippen molar-refractivity contribution < 1.29 is 22.7 Å². The van der Waals surface area contributed by atoms with Crippen LogP contribution in [-0.2, 0) is 12.6 Å². The monoisotopic (exact) mass is 342 g/mol. The third-order valence-electron chi connectivity index (χ3n) is 3.23. The van der Waals surface area contributed by atoms with Crippen LogP contribution in [0.4, 0.5) is 13.2 Å². The minimum atomic E-state index is -4.51. The molecule has 0 fully saturated rings. The van der Waals surface area contributed by atoms with Gasteiger partial charge in [0.2, 0.25) is 0 Å². The van der Waals surface area contributed by atoms with Crippen LogP contribution in [0.1, 0.15) is 34.8 Å². The Labute approximate surface area is 136 Å². The van der Waals surface area contributed by atoms with Gasteiger partial charge < -0.3 is 4.74 Å². The molecule has 0 atom stereocenters. The van der Waals surface area contributed by atoms with E-state index in [0.29, 0.717) is 36.0 Å². The first-order valence-electron chi connectivity index (χ1n) is 6.98. The first kappa shape index (κ1) is 17.3. The molecule has 0 heterocycles. The molecule has 122 valence electrons. The molecule has 0 bridgehead atoms. The summed E-state index contributed by atoms with van der Waals surface area (Å²) in [5.74, 6) is 0.411. The molecule has 0 saturated carbocycles. The van der Waals surface area contributed by atoms with Crippen molar-refractivity contribution in [3.8, 4) is 11.5 Å². The molecule has 0 aromatic heterocycles. The molecule has 0 amide bonds. The first-order valence-corrected chi connectivity index (χ1v) is 7.35. The van der Waals surface area contributed by atoms with Crippen molar-refractivity contribution in [3.63, 3.8) is 0 Å². The topological polar surface area (TPSA) is 26.3 Å². The Balaban J connectivity index is 2.44. The molecular weight excluding hydrogens is 329 g/mol. The molecule has 0 aliphatic carbocycles. The molecule has 2 rings (SSSR count). The van der Waals surface area contributed by atoms with Gasteiger partial charge in [0.05, 0.1) is 5.56 Å². The second kappa shape index (κ2) is 7.04. The number of alkyl halides is 3. The highest BCUT2D eigenvalue weighted by Gasteiger charge is 2.32. The fraction of sp³-hybridized carbons (Fsp3) is 0.235. The summed E-state index contributed by atoms with van der Waals surface area (Å²) in [6, 6.07) is 7.95. The zero-order chi connectivity index (χ0) is 17.0. The number of carbonyl (C=O) groups excluding carboxylic acids is 1. The number of aldehydes is 1. The fourth-order valence-corrected chi connectivity index (χ4v) is 2.41. The molecule has 0 spiro atoms. The summed E-state index contributed by atoms with van der Waals surface area (Å²) in [4.78, 5) is 10.6. The van der Waals surface area contributed by atoms with E-state index < -0.39 is 11.7 Å². The van der Waals surface area contributed by atoms with Gasteiger partial charge in [-0.25, -0.2) is 0 Å². The number of hydrogen-bond donors (Lipinski definition) is 0. The predicted molar refractivity (Wildman–Crippen MR) is 82.4 cm³/mol. The number of ether oxygens (including phenoxy) is 1. The number of carbonyl (C=O) groups is 1. The Kier molecular flexibility index (Phi) is 5.31. The van der Waals surface area contributed by atoms with Gasteiger partial charge in [-0.3, -0.25) is 4.79 Å². The van der Waals surface area contributed by atoms with E-state index in [1.807, 2.05) is 6.92 Å². The summed E-state index contributed by atoms with van der Waals surface area (Å²) in [5.41, 5.74) is 0.122. The lowest BCUT2D eigenvalue weighted by Crippen LogP contribution is -2.06. The van der Waals surface area contributed by atoms with Gasteiger partial charge in [-0.2, -0.15) is 13.2 Å². The highest BCUT2D eigenvalue weighted by molar-refractivity contribution is 6.31. The largest absolute Gasteiger partial charge is 0.457 e. The molecule has 2 nitrogen and oxygen atoms in total. The van der Waals surface area contributed by atoms with E-state index in [2.05, 4.69) is 0 Å². The SMILES string of the molecule is CCCc1c(Cl)cc(C(F)(F)F)cc1Oc1ccc(C=O)cc1. The standard InChI is InChI=1S/C17H14ClF3O2/c1-2-3-14-15(18)8-12(17(19,20)21)9-16(14)23-13-6-4-11(10-22)5-7-13/h4-10H,2-3H2,1H3. The molecular formula is C17H14ClF3O2. The van der Waals surface area contributed by atoms with Crippen molar-refractivity contribution in [2.24, 2.45) is 0 Å². The lowest BCUT2D eigenvalue weighted by atomic mass is 10.1. The summed E-state index contributed by atoms with van der Waals surface area (Å²) in [6.45, 7) is 1.90. The van der Waals surface area contributed by atoms with Crippen LogP contribution in [0, 0.1) is 0 Å². The van der Waals surface area contributed by atoms with E-state index in [4.69, 9.17) is 16.3 Å². The maximum absolute atomic E-state index is 12.9. The van der Waals surface area contributed by atoms with Crippen molar-refractivity contribution in [2.75, 3.05) is 0 Å². The maximum atomic E-state index is 12.9. The lowest BCUT2D eigenvalue weighted by Gasteiger charge is -2.16. The molecule has 23 heavy (non-hydrogen) atoms. The first-order chi connectivity index (χ1) is 10.8. The summed E-state index contributed by atoms with van der Waals surface area (Å²) in [6.07, 6.45) is -2.62. The van der Waals surface area contributed by atoms with Crippen LogP contribution in [0.3, 0.4) is 0 Å². The van der Waals surface area contributed by atoms with Gasteiger partial charge in [-0.05, 0) is 42.8 Å². The molecule has 0 radical (unpaired) electrons. The van der Waals surface area contributed by atoms with Gasteiger partial charge in [0.15, 0.2) is 0 Å². The van der Waals surface area contributed by atoms with Crippen LogP contribution in [0.2, 0.25) is 5.02 Å². The van der Waals surface area contributed by atoms with Crippen molar-refractivity contribution in [1.82, 2.24) is 0 Å². The van der Waals surface area contributed by atoms with Gasteiger partial charge in [0, 0.05) is 16.1 Å². The van der Waals surface area contributed by atoms with E-state index in [1.165, 1.54) is 24.3 Å². The van der Waals surface area contributed by atoms with Crippen LogP contribution < -0.4 is 4.74 Å². The van der Waals surface area contributed by atoms with Gasteiger partial charge in [0.25, 0.3) is 0 Å². The summed E-state index contributed by atoms with van der Waals surface area (Å²) >= 11 is 6.01. The average molecular weight is 343 g/mol. The smallest absolute Gasteiger partial charge is 0.416 e. The van der Waals surface area contributed by atoms with Crippen molar-refractivity contribution >= 4 is 17.9 Å². The summed E-state index contributed by atoms with van der Waals surface area (Å²) in [5, 5.41) is 0.0289. The molecule has 0 aliphatic heterocycles. The Morgan fingerprint density at radius 2 is 1.83 bits per heavy atom. The van der Waals surface area contributed by atoms with Gasteiger partial charge in [0.1, 0.15) is 17.8 Å². The number of hydrogen-bond acceptors (Lipinski definition) is 2. The van der Waals surface area contributed by atoms with Crippen LogP contribution in [0.5, 0.6) is 11.5 Å². The van der Waals surface area contributed by atoms with Crippen molar-refractivity contribution in [1.29, 1.82) is 0 Å². The number of rotatable bonds is 5. The molecule has 0 saturated heterocycles. The highest BCUT2D eigenvalue weighted by atomic mass is 35.5. The van der Waals surface area contributed by atoms with E-state index in [1.54, 1.807) is 0 Å². The van der Waals surface area contributed by atoms with Gasteiger partial charge in [-0.15, -0.1) is 0 Å². The lowest BCUT2D eigenvalue weighted by molar-refractivity contribution is -0.137. The minimum absolute atomic E-state index is 0.0289. The Morgan fingerprint density at radius 1 is 1.17 bits per heavy atom. The number of halogens is 4. The molecule has 0 N–H and O–H groups in total. The van der Waals surface area contributed by atoms with E-state index in [-0.39, 0.29) is 10.8 Å². The highest BCUT2D eigenvalue weighted by Crippen LogP contribution is 2.39. The molecule has 2 aromatic rings. The van der Waals surface area contributed by atoms with E-state index in [0.717, 1.165) is 12.1 Å².